The van der Waals surface area contributed by atoms with E-state index in [1.807, 2.05) is 18.2 Å². The molecule has 22 heavy (non-hydrogen) atoms. The molecule has 2 fully saturated rings. The lowest BCUT2D eigenvalue weighted by Gasteiger charge is -2.39. The molecule has 0 spiro atoms. The highest BCUT2D eigenvalue weighted by atomic mass is 32.1. The second-order valence-corrected chi connectivity index (χ2v) is 7.04. The van der Waals surface area contributed by atoms with Gasteiger partial charge in [-0.25, -0.2) is 4.98 Å². The molecule has 2 aromatic rings. The molecule has 0 radical (unpaired) electrons. The van der Waals surface area contributed by atoms with Crippen LogP contribution in [-0.2, 0) is 11.3 Å². The molecule has 2 heterocycles. The first-order valence-corrected chi connectivity index (χ1v) is 8.68. The Balaban J connectivity index is 1.28. The number of nitrogens with zero attached hydrogens (tertiary/aromatic N) is 2. The molecule has 5 heteroatoms. The quantitative estimate of drug-likeness (QED) is 0.922. The number of benzene rings is 1. The van der Waals surface area contributed by atoms with E-state index < -0.39 is 0 Å². The summed E-state index contributed by atoms with van der Waals surface area (Å²) in [7, 11) is 0. The van der Waals surface area contributed by atoms with E-state index in [0.29, 0.717) is 12.0 Å². The molecule has 1 amide bonds. The smallest absolute Gasteiger partial charge is 0.223 e. The minimum atomic E-state index is 0.254. The number of likely N-dealkylation sites (tertiary alicyclic amines) is 1. The van der Waals surface area contributed by atoms with Crippen LogP contribution in [0.15, 0.2) is 35.7 Å². The van der Waals surface area contributed by atoms with E-state index in [-0.39, 0.29) is 5.91 Å². The zero-order valence-electron chi connectivity index (χ0n) is 12.4. The van der Waals surface area contributed by atoms with Crippen molar-refractivity contribution >= 4 is 17.2 Å². The van der Waals surface area contributed by atoms with Gasteiger partial charge in [0.05, 0.1) is 11.7 Å². The number of rotatable bonds is 5. The standard InChI is InChI=1S/C17H19N3OS/c21-16(12-6-7-12)18-14-8-20(9-14)10-15-11-22-17(19-15)13-4-2-1-3-5-13/h1-5,11-12,14H,6-10H2,(H,18,21). The average molecular weight is 313 g/mol. The molecule has 114 valence electrons. The molecular weight excluding hydrogens is 294 g/mol. The van der Waals surface area contributed by atoms with E-state index in [9.17, 15) is 4.79 Å². The lowest BCUT2D eigenvalue weighted by Crippen LogP contribution is -2.58. The molecule has 1 aliphatic heterocycles. The Morgan fingerprint density at radius 1 is 1.27 bits per heavy atom. The van der Waals surface area contributed by atoms with E-state index in [2.05, 4.69) is 27.7 Å². The van der Waals surface area contributed by atoms with Crippen molar-refractivity contribution in [2.24, 2.45) is 5.92 Å². The molecule has 1 saturated carbocycles. The fourth-order valence-electron chi connectivity index (χ4n) is 2.78. The summed E-state index contributed by atoms with van der Waals surface area (Å²) in [6, 6.07) is 10.6. The van der Waals surface area contributed by atoms with E-state index in [1.54, 1.807) is 11.3 Å². The second kappa shape index (κ2) is 5.82. The highest BCUT2D eigenvalue weighted by Gasteiger charge is 2.34. The van der Waals surface area contributed by atoms with Crippen LogP contribution in [0.5, 0.6) is 0 Å². The van der Waals surface area contributed by atoms with Crippen LogP contribution in [0, 0.1) is 5.92 Å². The Morgan fingerprint density at radius 2 is 2.05 bits per heavy atom. The number of aromatic nitrogens is 1. The number of carbonyl (C=O) groups is 1. The minimum Gasteiger partial charge on any atom is -0.351 e. The van der Waals surface area contributed by atoms with Gasteiger partial charge in [-0.1, -0.05) is 30.3 Å². The SMILES string of the molecule is O=C(NC1CN(Cc2csc(-c3ccccc3)n2)C1)C1CC1. The molecule has 0 unspecified atom stereocenters. The number of thiazole rings is 1. The summed E-state index contributed by atoms with van der Waals surface area (Å²) in [6.07, 6.45) is 2.15. The van der Waals surface area contributed by atoms with Crippen molar-refractivity contribution in [3.63, 3.8) is 0 Å². The predicted molar refractivity (Wildman–Crippen MR) is 87.5 cm³/mol. The van der Waals surface area contributed by atoms with Crippen LogP contribution in [0.2, 0.25) is 0 Å². The summed E-state index contributed by atoms with van der Waals surface area (Å²) in [5, 5.41) is 6.34. The van der Waals surface area contributed by atoms with E-state index in [1.165, 1.54) is 5.56 Å². The van der Waals surface area contributed by atoms with Crippen LogP contribution in [0.4, 0.5) is 0 Å². The van der Waals surface area contributed by atoms with Gasteiger partial charge >= 0.3 is 0 Å². The van der Waals surface area contributed by atoms with Crippen molar-refractivity contribution in [2.75, 3.05) is 13.1 Å². The number of amides is 1. The maximum absolute atomic E-state index is 11.7. The molecule has 1 N–H and O–H groups in total. The lowest BCUT2D eigenvalue weighted by molar-refractivity contribution is -0.124. The van der Waals surface area contributed by atoms with Crippen molar-refractivity contribution < 1.29 is 4.79 Å². The van der Waals surface area contributed by atoms with Crippen molar-refractivity contribution in [2.45, 2.75) is 25.4 Å². The zero-order valence-corrected chi connectivity index (χ0v) is 13.2. The summed E-state index contributed by atoms with van der Waals surface area (Å²) in [4.78, 5) is 18.7. The van der Waals surface area contributed by atoms with Crippen molar-refractivity contribution in [3.05, 3.63) is 41.4 Å². The third-order valence-corrected chi connectivity index (χ3v) is 5.15. The highest BCUT2D eigenvalue weighted by Crippen LogP contribution is 2.29. The molecule has 2 aliphatic rings. The Morgan fingerprint density at radius 3 is 2.77 bits per heavy atom. The summed E-state index contributed by atoms with van der Waals surface area (Å²) >= 11 is 1.70. The van der Waals surface area contributed by atoms with Crippen LogP contribution < -0.4 is 5.32 Å². The predicted octanol–water partition coefficient (Wildman–Crippen LogP) is 2.52. The number of carbonyl (C=O) groups excluding carboxylic acids is 1. The first-order chi connectivity index (χ1) is 10.8. The highest BCUT2D eigenvalue weighted by molar-refractivity contribution is 7.13. The molecule has 0 atom stereocenters. The normalized spacial score (nSPS) is 18.9. The first kappa shape index (κ1) is 13.9. The van der Waals surface area contributed by atoms with Gasteiger partial charge in [-0.15, -0.1) is 11.3 Å². The van der Waals surface area contributed by atoms with Gasteiger partial charge in [-0.3, -0.25) is 9.69 Å². The summed E-state index contributed by atoms with van der Waals surface area (Å²) in [5.41, 5.74) is 2.30. The van der Waals surface area contributed by atoms with Crippen LogP contribution in [0.25, 0.3) is 10.6 Å². The lowest BCUT2D eigenvalue weighted by atomic mass is 10.1. The molecule has 1 saturated heterocycles. The van der Waals surface area contributed by atoms with Gasteiger partial charge in [0.15, 0.2) is 0 Å². The van der Waals surface area contributed by atoms with Gasteiger partial charge < -0.3 is 5.32 Å². The monoisotopic (exact) mass is 313 g/mol. The van der Waals surface area contributed by atoms with Crippen molar-refractivity contribution in [1.29, 1.82) is 0 Å². The summed E-state index contributed by atoms with van der Waals surface area (Å²) < 4.78 is 0. The minimum absolute atomic E-state index is 0.254. The largest absolute Gasteiger partial charge is 0.351 e. The van der Waals surface area contributed by atoms with Crippen LogP contribution in [0.3, 0.4) is 0 Å². The Bertz CT molecular complexity index is 660. The van der Waals surface area contributed by atoms with Crippen LogP contribution in [0.1, 0.15) is 18.5 Å². The topological polar surface area (TPSA) is 45.2 Å². The van der Waals surface area contributed by atoms with Gasteiger partial charge in [0, 0.05) is 36.5 Å². The third-order valence-electron chi connectivity index (χ3n) is 4.21. The summed E-state index contributed by atoms with van der Waals surface area (Å²) in [5.74, 6) is 0.561. The summed E-state index contributed by atoms with van der Waals surface area (Å²) in [6.45, 7) is 2.76. The molecule has 1 aliphatic carbocycles. The van der Waals surface area contributed by atoms with E-state index in [4.69, 9.17) is 4.98 Å². The second-order valence-electron chi connectivity index (χ2n) is 6.18. The fourth-order valence-corrected chi connectivity index (χ4v) is 3.59. The molecular formula is C17H19N3OS. The molecule has 4 rings (SSSR count). The van der Waals surface area contributed by atoms with E-state index in [0.717, 1.165) is 43.2 Å². The van der Waals surface area contributed by atoms with Crippen LogP contribution in [-0.4, -0.2) is 34.9 Å². The van der Waals surface area contributed by atoms with Gasteiger partial charge in [0.25, 0.3) is 0 Å². The van der Waals surface area contributed by atoms with Gasteiger partial charge in [-0.05, 0) is 12.8 Å². The maximum atomic E-state index is 11.7. The van der Waals surface area contributed by atoms with Crippen molar-refractivity contribution in [3.8, 4) is 10.6 Å². The molecule has 4 nitrogen and oxygen atoms in total. The average Bonchev–Trinajstić information content (AvgIpc) is 3.25. The molecule has 1 aromatic heterocycles. The van der Waals surface area contributed by atoms with Gasteiger partial charge in [0.1, 0.15) is 5.01 Å². The van der Waals surface area contributed by atoms with Crippen LogP contribution >= 0.6 is 11.3 Å². The molecule has 0 bridgehead atoms. The molecule has 1 aromatic carbocycles. The van der Waals surface area contributed by atoms with E-state index >= 15 is 0 Å². The Labute approximate surface area is 134 Å². The number of hydrogen-bond donors (Lipinski definition) is 1. The maximum Gasteiger partial charge on any atom is 0.223 e. The first-order valence-electron chi connectivity index (χ1n) is 7.80. The van der Waals surface area contributed by atoms with Crippen molar-refractivity contribution in [1.82, 2.24) is 15.2 Å². The Hall–Kier alpha value is -1.72. The number of hydrogen-bond acceptors (Lipinski definition) is 4. The zero-order chi connectivity index (χ0) is 14.9. The third kappa shape index (κ3) is 3.05. The van der Waals surface area contributed by atoms with Gasteiger partial charge in [-0.2, -0.15) is 0 Å². The number of nitrogens with one attached hydrogen (secondary N) is 1. The van der Waals surface area contributed by atoms with Gasteiger partial charge in [0.2, 0.25) is 5.91 Å². The fraction of sp³-hybridized carbons (Fsp3) is 0.412. The Kier molecular flexibility index (Phi) is 3.68.